The lowest BCUT2D eigenvalue weighted by Crippen LogP contribution is -2.16. The average molecular weight is 459 g/mol. The summed E-state index contributed by atoms with van der Waals surface area (Å²) in [6.45, 7) is 4.20. The first-order chi connectivity index (χ1) is 16.4. The van der Waals surface area contributed by atoms with Crippen molar-refractivity contribution in [3.8, 4) is 0 Å². The maximum Gasteiger partial charge on any atom is 0.255 e. The molecule has 0 radical (unpaired) electrons. The Morgan fingerprint density at radius 1 is 0.676 bits per heavy atom. The summed E-state index contributed by atoms with van der Waals surface area (Å²) < 4.78 is 0. The van der Waals surface area contributed by atoms with Crippen LogP contribution in [0.3, 0.4) is 0 Å². The van der Waals surface area contributed by atoms with Crippen LogP contribution in [0.25, 0.3) is 0 Å². The van der Waals surface area contributed by atoms with E-state index >= 15 is 0 Å². The number of hydrogen-bond acceptors (Lipinski definition) is 4. The van der Waals surface area contributed by atoms with Gasteiger partial charge in [-0.25, -0.2) is 0 Å². The molecule has 6 N–H and O–H groups in total. The Kier molecular flexibility index (Phi) is 8.96. The van der Waals surface area contributed by atoms with E-state index in [0.29, 0.717) is 22.5 Å². The van der Waals surface area contributed by atoms with Gasteiger partial charge in [0.1, 0.15) is 0 Å². The van der Waals surface area contributed by atoms with Crippen LogP contribution in [0.15, 0.2) is 72.8 Å². The van der Waals surface area contributed by atoms with Gasteiger partial charge in [-0.2, -0.15) is 0 Å². The van der Waals surface area contributed by atoms with E-state index in [2.05, 4.69) is 24.5 Å². The molecule has 3 rings (SSSR count). The highest BCUT2D eigenvalue weighted by atomic mass is 16.2. The molecule has 2 atom stereocenters. The number of hydrogen-bond donors (Lipinski definition) is 4. The molecule has 6 nitrogen and oxygen atoms in total. The van der Waals surface area contributed by atoms with Crippen molar-refractivity contribution in [3.63, 3.8) is 0 Å². The highest BCUT2D eigenvalue weighted by Gasteiger charge is 2.12. The first kappa shape index (κ1) is 25.1. The Morgan fingerprint density at radius 2 is 1.06 bits per heavy atom. The molecule has 0 saturated heterocycles. The molecule has 0 aromatic heterocycles. The number of nitrogens with one attached hydrogen (secondary N) is 2. The summed E-state index contributed by atoms with van der Waals surface area (Å²) >= 11 is 0. The Morgan fingerprint density at radius 3 is 1.41 bits per heavy atom. The van der Waals surface area contributed by atoms with Crippen LogP contribution in [0.2, 0.25) is 0 Å². The Labute approximate surface area is 201 Å². The number of carbonyl (C=O) groups excluding carboxylic acids is 2. The molecule has 2 unspecified atom stereocenters. The molecule has 0 heterocycles. The predicted molar refractivity (Wildman–Crippen MR) is 139 cm³/mol. The first-order valence-electron chi connectivity index (χ1n) is 11.8. The van der Waals surface area contributed by atoms with Gasteiger partial charge in [-0.3, -0.25) is 9.59 Å². The van der Waals surface area contributed by atoms with Crippen molar-refractivity contribution >= 4 is 23.2 Å². The molecule has 3 aromatic carbocycles. The van der Waals surface area contributed by atoms with Gasteiger partial charge in [-0.05, 0) is 66.4 Å². The van der Waals surface area contributed by atoms with E-state index in [1.165, 1.54) is 0 Å². The molecular formula is C28H34N4O2. The Bertz CT molecular complexity index is 1010. The smallest absolute Gasteiger partial charge is 0.255 e. The van der Waals surface area contributed by atoms with Crippen LogP contribution in [0, 0.1) is 0 Å². The van der Waals surface area contributed by atoms with Gasteiger partial charge in [0.2, 0.25) is 0 Å². The van der Waals surface area contributed by atoms with Crippen LogP contribution in [0.5, 0.6) is 0 Å². The molecule has 0 aliphatic rings. The number of amides is 2. The minimum atomic E-state index is -0.283. The molecule has 2 amide bonds. The summed E-state index contributed by atoms with van der Waals surface area (Å²) in [7, 11) is 0. The first-order valence-corrected chi connectivity index (χ1v) is 11.8. The Hall–Kier alpha value is -3.48. The van der Waals surface area contributed by atoms with E-state index in [1.807, 2.05) is 48.5 Å². The molecule has 0 saturated carbocycles. The molecule has 0 fully saturated rings. The maximum atomic E-state index is 12.7. The maximum absolute atomic E-state index is 12.7. The van der Waals surface area contributed by atoms with Crippen molar-refractivity contribution in [2.24, 2.45) is 11.5 Å². The van der Waals surface area contributed by atoms with Crippen molar-refractivity contribution in [2.75, 3.05) is 10.6 Å². The van der Waals surface area contributed by atoms with E-state index in [0.717, 1.165) is 36.8 Å². The highest BCUT2D eigenvalue weighted by Crippen LogP contribution is 2.20. The third-order valence-corrected chi connectivity index (χ3v) is 5.78. The van der Waals surface area contributed by atoms with Gasteiger partial charge in [0.05, 0.1) is 0 Å². The van der Waals surface area contributed by atoms with Gasteiger partial charge in [-0.15, -0.1) is 0 Å². The van der Waals surface area contributed by atoms with Crippen molar-refractivity contribution in [1.82, 2.24) is 0 Å². The molecule has 0 aliphatic heterocycles. The third-order valence-electron chi connectivity index (χ3n) is 5.78. The zero-order valence-electron chi connectivity index (χ0n) is 19.9. The van der Waals surface area contributed by atoms with Crippen molar-refractivity contribution in [1.29, 1.82) is 0 Å². The number of anilines is 2. The highest BCUT2D eigenvalue weighted by molar-refractivity contribution is 6.08. The molecule has 0 bridgehead atoms. The standard InChI is InChI=1S/C28H34N4O2/c1-3-6-25(29)19-10-14-23(15-11-19)31-27(33)21-8-5-9-22(18-21)28(34)32-24-16-12-20(13-17-24)26(30)7-4-2/h5,8-18,25-26H,3-4,6-7,29-30H2,1-2H3,(H,31,33)(H,32,34). The van der Waals surface area contributed by atoms with Gasteiger partial charge in [0.15, 0.2) is 0 Å². The molecule has 6 heteroatoms. The van der Waals surface area contributed by atoms with Gasteiger partial charge < -0.3 is 22.1 Å². The van der Waals surface area contributed by atoms with Crippen LogP contribution < -0.4 is 22.1 Å². The fourth-order valence-electron chi connectivity index (χ4n) is 3.79. The fraction of sp³-hybridized carbons (Fsp3) is 0.286. The van der Waals surface area contributed by atoms with Crippen LogP contribution in [0.1, 0.15) is 83.5 Å². The van der Waals surface area contributed by atoms with E-state index in [9.17, 15) is 9.59 Å². The monoisotopic (exact) mass is 458 g/mol. The normalized spacial score (nSPS) is 12.6. The minimum absolute atomic E-state index is 0.00535. The van der Waals surface area contributed by atoms with Gasteiger partial charge in [0.25, 0.3) is 11.8 Å². The topological polar surface area (TPSA) is 110 Å². The summed E-state index contributed by atoms with van der Waals surface area (Å²) in [6.07, 6.45) is 3.86. The molecule has 0 aliphatic carbocycles. The Balaban J connectivity index is 1.63. The summed E-state index contributed by atoms with van der Waals surface area (Å²) in [5.74, 6) is -0.566. The summed E-state index contributed by atoms with van der Waals surface area (Å²) in [6, 6.07) is 21.7. The third kappa shape index (κ3) is 6.76. The lowest BCUT2D eigenvalue weighted by Gasteiger charge is -2.13. The second-order valence-electron chi connectivity index (χ2n) is 8.52. The molecular weight excluding hydrogens is 424 g/mol. The minimum Gasteiger partial charge on any atom is -0.324 e. The van der Waals surface area contributed by atoms with Gasteiger partial charge in [-0.1, -0.05) is 57.0 Å². The van der Waals surface area contributed by atoms with Crippen molar-refractivity contribution in [3.05, 3.63) is 95.1 Å². The molecule has 178 valence electrons. The van der Waals surface area contributed by atoms with Crippen molar-refractivity contribution < 1.29 is 9.59 Å². The lowest BCUT2D eigenvalue weighted by atomic mass is 10.0. The summed E-state index contributed by atoms with van der Waals surface area (Å²) in [4.78, 5) is 25.5. The van der Waals surface area contributed by atoms with Crippen LogP contribution in [0.4, 0.5) is 11.4 Å². The summed E-state index contributed by atoms with van der Waals surface area (Å²) in [5.41, 5.74) is 16.5. The van der Waals surface area contributed by atoms with Gasteiger partial charge >= 0.3 is 0 Å². The fourth-order valence-corrected chi connectivity index (χ4v) is 3.79. The van der Waals surface area contributed by atoms with Crippen LogP contribution in [-0.4, -0.2) is 11.8 Å². The SMILES string of the molecule is CCCC(N)c1ccc(NC(=O)c2cccc(C(=O)Nc3ccc(C(N)CCC)cc3)c2)cc1. The lowest BCUT2D eigenvalue weighted by molar-refractivity contribution is 0.102. The molecule has 3 aromatic rings. The van der Waals surface area contributed by atoms with E-state index in [4.69, 9.17) is 11.5 Å². The molecule has 0 spiro atoms. The van der Waals surface area contributed by atoms with E-state index in [1.54, 1.807) is 24.3 Å². The number of rotatable bonds is 10. The number of carbonyl (C=O) groups is 2. The van der Waals surface area contributed by atoms with E-state index < -0.39 is 0 Å². The van der Waals surface area contributed by atoms with Gasteiger partial charge in [0, 0.05) is 34.6 Å². The predicted octanol–water partition coefficient (Wildman–Crippen LogP) is 5.79. The van der Waals surface area contributed by atoms with E-state index in [-0.39, 0.29) is 23.9 Å². The zero-order chi connectivity index (χ0) is 24.5. The van der Waals surface area contributed by atoms with Crippen LogP contribution >= 0.6 is 0 Å². The number of nitrogens with two attached hydrogens (primary N) is 2. The second-order valence-corrected chi connectivity index (χ2v) is 8.52. The second kappa shape index (κ2) is 12.1. The largest absolute Gasteiger partial charge is 0.324 e. The number of benzene rings is 3. The average Bonchev–Trinajstić information content (AvgIpc) is 2.85. The molecule has 34 heavy (non-hydrogen) atoms. The zero-order valence-corrected chi connectivity index (χ0v) is 19.9. The van der Waals surface area contributed by atoms with Crippen molar-refractivity contribution in [2.45, 2.75) is 51.6 Å². The van der Waals surface area contributed by atoms with Crippen LogP contribution in [-0.2, 0) is 0 Å². The quantitative estimate of drug-likeness (QED) is 0.308. The summed E-state index contributed by atoms with van der Waals surface area (Å²) in [5, 5.41) is 5.75.